The number of nitrogens with two attached hydrogens (primary N) is 1. The lowest BCUT2D eigenvalue weighted by Crippen LogP contribution is -2.52. The molecule has 0 aliphatic heterocycles. The topological polar surface area (TPSA) is 72.3 Å². The third-order valence-electron chi connectivity index (χ3n) is 4.26. The van der Waals surface area contributed by atoms with Gasteiger partial charge in [-0.05, 0) is 31.6 Å². The summed E-state index contributed by atoms with van der Waals surface area (Å²) >= 11 is 0. The lowest BCUT2D eigenvalue weighted by molar-refractivity contribution is 0.104. The van der Waals surface area contributed by atoms with Crippen molar-refractivity contribution in [3.8, 4) is 0 Å². The van der Waals surface area contributed by atoms with Gasteiger partial charge >= 0.3 is 0 Å². The van der Waals surface area contributed by atoms with Crippen molar-refractivity contribution < 1.29 is 9.63 Å². The van der Waals surface area contributed by atoms with Gasteiger partial charge in [-0.1, -0.05) is 5.16 Å². The number of aryl methyl sites for hydroxylation is 2. The summed E-state index contributed by atoms with van der Waals surface area (Å²) in [5, 5.41) is 13.6. The summed E-state index contributed by atoms with van der Waals surface area (Å²) in [6.45, 7) is 1.89. The summed E-state index contributed by atoms with van der Waals surface area (Å²) in [5.74, 6) is 0.876. The number of aliphatic hydroxyl groups excluding tert-OH is 1. The molecule has 0 saturated heterocycles. The molecule has 1 aromatic rings. The fraction of sp³-hybridized carbons (Fsp3) is 0.727. The van der Waals surface area contributed by atoms with Gasteiger partial charge in [-0.25, -0.2) is 0 Å². The van der Waals surface area contributed by atoms with E-state index in [1.807, 2.05) is 6.92 Å². The van der Waals surface area contributed by atoms with Crippen molar-refractivity contribution in [2.45, 2.75) is 38.1 Å². The van der Waals surface area contributed by atoms with Gasteiger partial charge in [0, 0.05) is 12.0 Å². The molecule has 0 bridgehead atoms. The van der Waals surface area contributed by atoms with Gasteiger partial charge in [-0.2, -0.15) is 0 Å². The summed E-state index contributed by atoms with van der Waals surface area (Å²) < 4.78 is 5.26. The highest BCUT2D eigenvalue weighted by Gasteiger charge is 2.61. The minimum Gasteiger partial charge on any atom is -0.394 e. The van der Waals surface area contributed by atoms with E-state index in [4.69, 9.17) is 10.3 Å². The van der Waals surface area contributed by atoms with Gasteiger partial charge in [0.15, 0.2) is 0 Å². The molecule has 3 rings (SSSR count). The van der Waals surface area contributed by atoms with E-state index in [1.165, 1.54) is 0 Å². The largest absolute Gasteiger partial charge is 0.394 e. The van der Waals surface area contributed by atoms with Crippen molar-refractivity contribution in [2.24, 2.45) is 11.1 Å². The molecule has 0 radical (unpaired) electrons. The SMILES string of the molecule is Cc1noc2c1C(N)(CO)C1(CC2)CC1. The van der Waals surface area contributed by atoms with Crippen LogP contribution in [0, 0.1) is 12.3 Å². The maximum atomic E-state index is 9.62. The molecule has 1 saturated carbocycles. The Labute approximate surface area is 88.4 Å². The molecule has 1 heterocycles. The number of fused-ring (bicyclic) bond motifs is 1. The number of nitrogens with zero attached hydrogens (tertiary/aromatic N) is 1. The third-order valence-corrected chi connectivity index (χ3v) is 4.26. The molecule has 3 N–H and O–H groups in total. The molecule has 1 fully saturated rings. The van der Waals surface area contributed by atoms with E-state index in [0.717, 1.165) is 42.7 Å². The Morgan fingerprint density at radius 1 is 1.47 bits per heavy atom. The van der Waals surface area contributed by atoms with E-state index in [2.05, 4.69) is 5.16 Å². The molecule has 2 aliphatic carbocycles. The van der Waals surface area contributed by atoms with Crippen LogP contribution in [0.15, 0.2) is 4.52 Å². The maximum Gasteiger partial charge on any atom is 0.142 e. The van der Waals surface area contributed by atoms with Gasteiger partial charge in [0.2, 0.25) is 0 Å². The lowest BCUT2D eigenvalue weighted by Gasteiger charge is -2.40. The summed E-state index contributed by atoms with van der Waals surface area (Å²) in [4.78, 5) is 0. The van der Waals surface area contributed by atoms with Crippen LogP contribution in [0.4, 0.5) is 0 Å². The second-order valence-electron chi connectivity index (χ2n) is 4.98. The second kappa shape index (κ2) is 2.62. The zero-order valence-electron chi connectivity index (χ0n) is 8.92. The van der Waals surface area contributed by atoms with Gasteiger partial charge in [0.25, 0.3) is 0 Å². The highest BCUT2D eigenvalue weighted by molar-refractivity contribution is 5.39. The Kier molecular flexibility index (Phi) is 1.64. The van der Waals surface area contributed by atoms with E-state index in [9.17, 15) is 5.11 Å². The van der Waals surface area contributed by atoms with Gasteiger partial charge < -0.3 is 15.4 Å². The van der Waals surface area contributed by atoms with Crippen LogP contribution >= 0.6 is 0 Å². The number of rotatable bonds is 1. The summed E-state index contributed by atoms with van der Waals surface area (Å²) in [5.41, 5.74) is 7.71. The van der Waals surface area contributed by atoms with Crippen LogP contribution in [0.3, 0.4) is 0 Å². The van der Waals surface area contributed by atoms with Crippen molar-refractivity contribution in [2.75, 3.05) is 6.61 Å². The van der Waals surface area contributed by atoms with Crippen LogP contribution < -0.4 is 5.73 Å². The van der Waals surface area contributed by atoms with Crippen molar-refractivity contribution in [1.29, 1.82) is 0 Å². The summed E-state index contributed by atoms with van der Waals surface area (Å²) in [6, 6.07) is 0. The van der Waals surface area contributed by atoms with Gasteiger partial charge in [-0.3, -0.25) is 0 Å². The molecule has 2 aliphatic rings. The van der Waals surface area contributed by atoms with Gasteiger partial charge in [0.05, 0.1) is 17.8 Å². The Bertz CT molecular complexity index is 409. The van der Waals surface area contributed by atoms with Crippen molar-refractivity contribution in [3.05, 3.63) is 17.0 Å². The molecule has 4 heteroatoms. The molecule has 0 amide bonds. The Morgan fingerprint density at radius 2 is 2.20 bits per heavy atom. The Morgan fingerprint density at radius 3 is 2.80 bits per heavy atom. The van der Waals surface area contributed by atoms with Crippen molar-refractivity contribution in [1.82, 2.24) is 5.16 Å². The Balaban J connectivity index is 2.19. The molecule has 1 atom stereocenters. The lowest BCUT2D eigenvalue weighted by atomic mass is 9.69. The average molecular weight is 208 g/mol. The first-order chi connectivity index (χ1) is 7.13. The van der Waals surface area contributed by atoms with Gasteiger partial charge in [0.1, 0.15) is 5.76 Å². The van der Waals surface area contributed by atoms with E-state index >= 15 is 0 Å². The normalized spacial score (nSPS) is 31.7. The molecular weight excluding hydrogens is 192 g/mol. The number of aliphatic hydroxyl groups is 1. The second-order valence-corrected chi connectivity index (χ2v) is 4.98. The Hall–Kier alpha value is -0.870. The van der Waals surface area contributed by atoms with E-state index < -0.39 is 5.54 Å². The molecule has 1 unspecified atom stereocenters. The van der Waals surface area contributed by atoms with Crippen LogP contribution in [0.1, 0.15) is 36.3 Å². The van der Waals surface area contributed by atoms with Crippen molar-refractivity contribution >= 4 is 0 Å². The molecular formula is C11H16N2O2. The molecule has 4 nitrogen and oxygen atoms in total. The maximum absolute atomic E-state index is 9.62. The quantitative estimate of drug-likeness (QED) is 0.717. The van der Waals surface area contributed by atoms with Crippen LogP contribution in [-0.4, -0.2) is 16.9 Å². The molecule has 82 valence electrons. The molecule has 0 aromatic carbocycles. The predicted octanol–water partition coefficient (Wildman–Crippen LogP) is 0.856. The monoisotopic (exact) mass is 208 g/mol. The molecule has 15 heavy (non-hydrogen) atoms. The standard InChI is InChI=1S/C11H16N2O2/c1-7-9-8(15-13-7)2-3-10(4-5-10)11(9,12)6-14/h14H,2-6,12H2,1H3. The van der Waals surface area contributed by atoms with E-state index in [0.29, 0.717) is 0 Å². The summed E-state index contributed by atoms with van der Waals surface area (Å²) in [7, 11) is 0. The van der Waals surface area contributed by atoms with E-state index in [1.54, 1.807) is 0 Å². The highest BCUT2D eigenvalue weighted by atomic mass is 16.5. The smallest absolute Gasteiger partial charge is 0.142 e. The fourth-order valence-corrected chi connectivity index (χ4v) is 3.09. The van der Waals surface area contributed by atoms with E-state index in [-0.39, 0.29) is 12.0 Å². The highest BCUT2D eigenvalue weighted by Crippen LogP contribution is 2.63. The molecule has 1 aromatic heterocycles. The number of hydrogen-bond acceptors (Lipinski definition) is 4. The first kappa shape index (κ1) is 9.36. The predicted molar refractivity (Wildman–Crippen MR) is 54.2 cm³/mol. The average Bonchev–Trinajstić information content (AvgIpc) is 2.93. The first-order valence-corrected chi connectivity index (χ1v) is 5.48. The first-order valence-electron chi connectivity index (χ1n) is 5.48. The minimum absolute atomic E-state index is 0.0119. The van der Waals surface area contributed by atoms with Crippen LogP contribution in [0.25, 0.3) is 0 Å². The zero-order valence-corrected chi connectivity index (χ0v) is 8.92. The molecule has 1 spiro atoms. The fourth-order valence-electron chi connectivity index (χ4n) is 3.09. The van der Waals surface area contributed by atoms with Gasteiger partial charge in [-0.15, -0.1) is 0 Å². The van der Waals surface area contributed by atoms with Crippen LogP contribution in [0.5, 0.6) is 0 Å². The summed E-state index contributed by atoms with van der Waals surface area (Å²) in [6.07, 6.45) is 4.17. The number of aromatic nitrogens is 1. The van der Waals surface area contributed by atoms with Crippen molar-refractivity contribution in [3.63, 3.8) is 0 Å². The number of hydrogen-bond donors (Lipinski definition) is 2. The zero-order chi connectivity index (χ0) is 10.7. The van der Waals surface area contributed by atoms with Crippen LogP contribution in [0.2, 0.25) is 0 Å². The third kappa shape index (κ3) is 0.961. The van der Waals surface area contributed by atoms with Crippen LogP contribution in [-0.2, 0) is 12.0 Å². The minimum atomic E-state index is -0.620.